The van der Waals surface area contributed by atoms with Crippen molar-refractivity contribution in [3.63, 3.8) is 0 Å². The zero-order chi connectivity index (χ0) is 21.3. The van der Waals surface area contributed by atoms with E-state index in [4.69, 9.17) is 14.2 Å². The Bertz CT molecular complexity index is 848. The predicted octanol–water partition coefficient (Wildman–Crippen LogP) is 2.61. The monoisotopic (exact) mass is 412 g/mol. The molecule has 1 fully saturated rings. The maximum Gasteiger partial charge on any atom is 0.194 e. The van der Waals surface area contributed by atoms with Crippen molar-refractivity contribution < 1.29 is 14.2 Å². The number of hydrogen-bond acceptors (Lipinski definition) is 5. The molecule has 7 heteroatoms. The maximum absolute atomic E-state index is 5.52. The van der Waals surface area contributed by atoms with Crippen molar-refractivity contribution >= 4 is 5.96 Å². The SMILES string of the molecule is CN=C(NCc1cccc(OC)c1)N1CCN(Cc2cc(OC)ccc2OC)CC1. The molecule has 3 rings (SSSR count). The molecule has 2 aromatic rings. The van der Waals surface area contributed by atoms with Crippen LogP contribution in [0.5, 0.6) is 17.2 Å². The topological polar surface area (TPSA) is 58.6 Å². The Morgan fingerprint density at radius 1 is 0.933 bits per heavy atom. The van der Waals surface area contributed by atoms with E-state index in [0.29, 0.717) is 6.54 Å². The van der Waals surface area contributed by atoms with Gasteiger partial charge in [-0.15, -0.1) is 0 Å². The lowest BCUT2D eigenvalue weighted by Crippen LogP contribution is -2.52. The highest BCUT2D eigenvalue weighted by Crippen LogP contribution is 2.25. The molecule has 1 aliphatic rings. The molecule has 1 aliphatic heterocycles. The molecule has 1 heterocycles. The van der Waals surface area contributed by atoms with Gasteiger partial charge in [0, 0.05) is 51.9 Å². The number of ether oxygens (including phenoxy) is 3. The summed E-state index contributed by atoms with van der Waals surface area (Å²) in [7, 11) is 6.92. The predicted molar refractivity (Wildman–Crippen MR) is 120 cm³/mol. The molecule has 0 atom stereocenters. The van der Waals surface area contributed by atoms with Gasteiger partial charge in [0.25, 0.3) is 0 Å². The van der Waals surface area contributed by atoms with Crippen molar-refractivity contribution in [1.82, 2.24) is 15.1 Å². The fourth-order valence-electron chi connectivity index (χ4n) is 3.66. The summed E-state index contributed by atoms with van der Waals surface area (Å²) in [5, 5.41) is 3.47. The number of methoxy groups -OCH3 is 3. The van der Waals surface area contributed by atoms with Crippen molar-refractivity contribution in [1.29, 1.82) is 0 Å². The van der Waals surface area contributed by atoms with Crippen molar-refractivity contribution in [3.05, 3.63) is 53.6 Å². The first-order valence-electron chi connectivity index (χ1n) is 10.2. The van der Waals surface area contributed by atoms with Crippen LogP contribution < -0.4 is 19.5 Å². The fourth-order valence-corrected chi connectivity index (χ4v) is 3.66. The van der Waals surface area contributed by atoms with E-state index in [1.165, 1.54) is 5.56 Å². The molecular weight excluding hydrogens is 380 g/mol. The largest absolute Gasteiger partial charge is 0.497 e. The van der Waals surface area contributed by atoms with Gasteiger partial charge in [0.05, 0.1) is 21.3 Å². The van der Waals surface area contributed by atoms with Crippen molar-refractivity contribution in [2.24, 2.45) is 4.99 Å². The fraction of sp³-hybridized carbons (Fsp3) is 0.435. The number of guanidine groups is 1. The number of nitrogens with one attached hydrogen (secondary N) is 1. The molecule has 7 nitrogen and oxygen atoms in total. The highest BCUT2D eigenvalue weighted by molar-refractivity contribution is 5.80. The van der Waals surface area contributed by atoms with Gasteiger partial charge in [0.2, 0.25) is 0 Å². The standard InChI is InChI=1S/C23H32N4O3/c1-24-23(25-16-18-6-5-7-20(14-18)28-2)27-12-10-26(11-13-27)17-19-15-21(29-3)8-9-22(19)30-4/h5-9,14-15H,10-13,16-17H2,1-4H3,(H,24,25). The first-order valence-corrected chi connectivity index (χ1v) is 10.2. The van der Waals surface area contributed by atoms with Gasteiger partial charge in [-0.1, -0.05) is 12.1 Å². The Hall–Kier alpha value is -2.93. The summed E-state index contributed by atoms with van der Waals surface area (Å²) < 4.78 is 16.2. The van der Waals surface area contributed by atoms with Crippen LogP contribution in [0, 0.1) is 0 Å². The summed E-state index contributed by atoms with van der Waals surface area (Å²) in [6.45, 7) is 5.31. The Kier molecular flexibility index (Phi) is 7.79. The summed E-state index contributed by atoms with van der Waals surface area (Å²) >= 11 is 0. The first kappa shape index (κ1) is 21.8. The van der Waals surface area contributed by atoms with Crippen LogP contribution in [0.15, 0.2) is 47.5 Å². The van der Waals surface area contributed by atoms with E-state index in [9.17, 15) is 0 Å². The Balaban J connectivity index is 1.54. The summed E-state index contributed by atoms with van der Waals surface area (Å²) in [6.07, 6.45) is 0. The number of aliphatic imine (C=N–C) groups is 1. The van der Waals surface area contributed by atoms with E-state index in [2.05, 4.69) is 32.2 Å². The second kappa shape index (κ2) is 10.7. The third kappa shape index (κ3) is 5.57. The van der Waals surface area contributed by atoms with Gasteiger partial charge >= 0.3 is 0 Å². The number of piperazine rings is 1. The molecule has 1 saturated heterocycles. The molecule has 0 aliphatic carbocycles. The zero-order valence-corrected chi connectivity index (χ0v) is 18.4. The minimum Gasteiger partial charge on any atom is -0.497 e. The molecule has 0 saturated carbocycles. The van der Waals surface area contributed by atoms with Gasteiger partial charge in [-0.25, -0.2) is 0 Å². The van der Waals surface area contributed by atoms with Gasteiger partial charge in [0.15, 0.2) is 5.96 Å². The smallest absolute Gasteiger partial charge is 0.194 e. The summed E-state index contributed by atoms with van der Waals surface area (Å²) in [6, 6.07) is 14.0. The number of hydrogen-bond donors (Lipinski definition) is 1. The van der Waals surface area contributed by atoms with Crippen LogP contribution in [0.2, 0.25) is 0 Å². The molecule has 0 spiro atoms. The Morgan fingerprint density at radius 2 is 1.67 bits per heavy atom. The van der Waals surface area contributed by atoms with Crippen LogP contribution in [-0.2, 0) is 13.1 Å². The number of nitrogens with zero attached hydrogens (tertiary/aromatic N) is 3. The normalized spacial score (nSPS) is 15.1. The third-order valence-electron chi connectivity index (χ3n) is 5.35. The van der Waals surface area contributed by atoms with E-state index in [1.54, 1.807) is 21.3 Å². The Morgan fingerprint density at radius 3 is 2.33 bits per heavy atom. The van der Waals surface area contributed by atoms with Gasteiger partial charge in [0.1, 0.15) is 17.2 Å². The van der Waals surface area contributed by atoms with Crippen LogP contribution in [0.4, 0.5) is 0 Å². The molecule has 0 aromatic heterocycles. The van der Waals surface area contributed by atoms with Crippen LogP contribution in [-0.4, -0.2) is 70.3 Å². The number of benzene rings is 2. The molecule has 162 valence electrons. The molecule has 2 aromatic carbocycles. The van der Waals surface area contributed by atoms with E-state index < -0.39 is 0 Å². The van der Waals surface area contributed by atoms with Crippen LogP contribution in [0.1, 0.15) is 11.1 Å². The van der Waals surface area contributed by atoms with Crippen LogP contribution >= 0.6 is 0 Å². The summed E-state index contributed by atoms with van der Waals surface area (Å²) in [5.74, 6) is 3.54. The maximum atomic E-state index is 5.52. The lowest BCUT2D eigenvalue weighted by Gasteiger charge is -2.36. The second-order valence-electron chi connectivity index (χ2n) is 7.19. The van der Waals surface area contributed by atoms with Crippen LogP contribution in [0.3, 0.4) is 0 Å². The molecule has 0 unspecified atom stereocenters. The third-order valence-corrected chi connectivity index (χ3v) is 5.35. The number of rotatable bonds is 7. The quantitative estimate of drug-likeness (QED) is 0.557. The van der Waals surface area contributed by atoms with Gasteiger partial charge in [-0.2, -0.15) is 0 Å². The van der Waals surface area contributed by atoms with Crippen molar-refractivity contribution in [2.75, 3.05) is 54.6 Å². The van der Waals surface area contributed by atoms with E-state index in [0.717, 1.165) is 61.5 Å². The molecule has 30 heavy (non-hydrogen) atoms. The van der Waals surface area contributed by atoms with Crippen LogP contribution in [0.25, 0.3) is 0 Å². The summed E-state index contributed by atoms with van der Waals surface area (Å²) in [4.78, 5) is 9.21. The van der Waals surface area contributed by atoms with Gasteiger partial charge in [-0.3, -0.25) is 9.89 Å². The molecule has 0 radical (unpaired) electrons. The van der Waals surface area contributed by atoms with E-state index in [-0.39, 0.29) is 0 Å². The van der Waals surface area contributed by atoms with Crippen molar-refractivity contribution in [2.45, 2.75) is 13.1 Å². The summed E-state index contributed by atoms with van der Waals surface area (Å²) in [5.41, 5.74) is 2.31. The Labute approximate surface area is 179 Å². The second-order valence-corrected chi connectivity index (χ2v) is 7.19. The van der Waals surface area contributed by atoms with E-state index in [1.807, 2.05) is 37.4 Å². The zero-order valence-electron chi connectivity index (χ0n) is 18.4. The molecule has 0 bridgehead atoms. The molecular formula is C23H32N4O3. The van der Waals surface area contributed by atoms with E-state index >= 15 is 0 Å². The van der Waals surface area contributed by atoms with Gasteiger partial charge in [-0.05, 0) is 35.9 Å². The minimum absolute atomic E-state index is 0.713. The molecule has 0 amide bonds. The van der Waals surface area contributed by atoms with Gasteiger partial charge < -0.3 is 24.4 Å². The average molecular weight is 413 g/mol. The highest BCUT2D eigenvalue weighted by Gasteiger charge is 2.20. The lowest BCUT2D eigenvalue weighted by atomic mass is 10.1. The average Bonchev–Trinajstić information content (AvgIpc) is 2.80. The minimum atomic E-state index is 0.713. The van der Waals surface area contributed by atoms with Crippen molar-refractivity contribution in [3.8, 4) is 17.2 Å². The lowest BCUT2D eigenvalue weighted by molar-refractivity contribution is 0.171. The molecule has 1 N–H and O–H groups in total. The highest BCUT2D eigenvalue weighted by atomic mass is 16.5. The first-order chi connectivity index (χ1) is 14.7.